The van der Waals surface area contributed by atoms with Crippen LogP contribution in [0.25, 0.3) is 22.3 Å². The number of aromatic nitrogens is 8. The molecule has 3 N–H and O–H groups in total. The van der Waals surface area contributed by atoms with Gasteiger partial charge in [-0.1, -0.05) is 60.8 Å². The van der Waals surface area contributed by atoms with Crippen LogP contribution in [0.2, 0.25) is 10.0 Å². The van der Waals surface area contributed by atoms with Gasteiger partial charge in [0.1, 0.15) is 11.6 Å². The van der Waals surface area contributed by atoms with E-state index in [2.05, 4.69) is 16.6 Å². The molecule has 4 aromatic heterocycles. The molecule has 4 heterocycles. The number of imidazole rings is 2. The van der Waals surface area contributed by atoms with Gasteiger partial charge in [0.15, 0.2) is 22.3 Å². The second-order valence-electron chi connectivity index (χ2n) is 14.8. The first-order valence-electron chi connectivity index (χ1n) is 21.5. The number of benzene rings is 2. The summed E-state index contributed by atoms with van der Waals surface area (Å²) < 4.78 is 14.5. The highest BCUT2D eigenvalue weighted by atomic mass is 35.5. The van der Waals surface area contributed by atoms with E-state index in [0.29, 0.717) is 96.7 Å². The number of aliphatic hydroxyl groups is 3. The fraction of sp³-hybridized carbons (Fsp3) is 0.489. The second-order valence-corrected chi connectivity index (χ2v) is 16.2. The van der Waals surface area contributed by atoms with E-state index in [9.17, 15) is 29.1 Å². The smallest absolute Gasteiger partial charge is 0.332 e. The molecule has 0 bridgehead atoms. The molecule has 0 amide bonds. The molecule has 0 aliphatic heterocycles. The number of fused-ring (bicyclic) bond motifs is 2. The predicted octanol–water partition coefficient (Wildman–Crippen LogP) is 5.04. The molecule has 0 fully saturated rings. The molecule has 0 atom stereocenters. The third-order valence-corrected chi connectivity index (χ3v) is 10.4. The summed E-state index contributed by atoms with van der Waals surface area (Å²) in [5.74, 6) is 1.41. The monoisotopic (exact) mass is 962 g/mol. The van der Waals surface area contributed by atoms with Crippen molar-refractivity contribution >= 4 is 62.4 Å². The van der Waals surface area contributed by atoms with Gasteiger partial charge in [-0.3, -0.25) is 32.7 Å². The summed E-state index contributed by atoms with van der Waals surface area (Å²) in [6.07, 6.45) is 4.40. The quantitative estimate of drug-likeness (QED) is 0.0768. The van der Waals surface area contributed by atoms with Gasteiger partial charge in [-0.25, -0.2) is 19.6 Å². The number of hydrogen-bond donors (Lipinski definition) is 3. The number of aliphatic hydroxyl groups excluding tert-OH is 3. The summed E-state index contributed by atoms with van der Waals surface area (Å²) in [5.41, 5.74) is 2.01. The largest absolute Gasteiger partial charge is 0.397 e. The van der Waals surface area contributed by atoms with Crippen molar-refractivity contribution in [1.29, 1.82) is 0 Å². The van der Waals surface area contributed by atoms with Crippen molar-refractivity contribution in [3.8, 4) is 0 Å². The number of halogens is 3. The average Bonchev–Trinajstić information content (AvgIpc) is 3.82. The van der Waals surface area contributed by atoms with Gasteiger partial charge < -0.3 is 29.2 Å². The summed E-state index contributed by atoms with van der Waals surface area (Å²) in [6, 6.07) is 14.8. The van der Waals surface area contributed by atoms with Gasteiger partial charge in [0, 0.05) is 103 Å². The molecule has 65 heavy (non-hydrogen) atoms. The topological polar surface area (TPSA) is 211 Å². The lowest BCUT2D eigenvalue weighted by atomic mass is 10.2. The lowest BCUT2D eigenvalue weighted by molar-refractivity contribution is -0.109. The molecule has 0 aliphatic carbocycles. The lowest BCUT2D eigenvalue weighted by Crippen LogP contribution is -2.40. The van der Waals surface area contributed by atoms with Crippen LogP contribution in [0, 0.1) is 0 Å². The van der Waals surface area contributed by atoms with E-state index >= 15 is 0 Å². The van der Waals surface area contributed by atoms with Crippen LogP contribution >= 0.6 is 34.8 Å². The van der Waals surface area contributed by atoms with E-state index in [1.165, 1.54) is 20.6 Å². The summed E-state index contributed by atoms with van der Waals surface area (Å²) in [4.78, 5) is 70.2. The molecule has 0 unspecified atom stereocenters. The molecule has 17 nitrogen and oxygen atoms in total. The Morgan fingerprint density at radius 2 is 1.02 bits per heavy atom. The van der Waals surface area contributed by atoms with E-state index in [1.54, 1.807) is 37.7 Å². The van der Waals surface area contributed by atoms with Gasteiger partial charge in [0.25, 0.3) is 11.1 Å². The maximum absolute atomic E-state index is 13.3. The Labute approximate surface area is 392 Å². The number of unbranched alkanes of at least 4 members (excludes halogenated alkanes) is 1. The van der Waals surface area contributed by atoms with Gasteiger partial charge in [0.2, 0.25) is 5.24 Å². The number of ether oxygens (including phenoxy) is 1. The predicted molar refractivity (Wildman–Crippen MR) is 256 cm³/mol. The zero-order chi connectivity index (χ0) is 48.2. The molecule has 2 aromatic carbocycles. The Bertz CT molecular complexity index is 2680. The summed E-state index contributed by atoms with van der Waals surface area (Å²) >= 11 is 16.6. The average molecular weight is 964 g/mol. The fourth-order valence-corrected chi connectivity index (χ4v) is 7.01. The molecular weight excluding hydrogens is 903 g/mol. The first-order valence-corrected chi connectivity index (χ1v) is 22.7. The van der Waals surface area contributed by atoms with Gasteiger partial charge in [-0.15, -0.1) is 0 Å². The molecule has 0 saturated carbocycles. The van der Waals surface area contributed by atoms with Crippen LogP contribution in [-0.4, -0.2) is 91.0 Å². The third-order valence-electron chi connectivity index (χ3n) is 9.86. The van der Waals surface area contributed by atoms with Crippen molar-refractivity contribution in [2.75, 3.05) is 33.0 Å². The lowest BCUT2D eigenvalue weighted by Gasteiger charge is -2.11. The van der Waals surface area contributed by atoms with E-state index in [4.69, 9.17) is 43.1 Å². The van der Waals surface area contributed by atoms with Crippen LogP contribution in [0.15, 0.2) is 67.7 Å². The number of aryl methyl sites for hydroxylation is 4. The molecule has 0 aliphatic rings. The highest BCUT2D eigenvalue weighted by Crippen LogP contribution is 2.19. The SMILES string of the molecule is CC(=O)Cl.CCCCn1c(=O)c2c(nc(CCCOCC)n2Cc2ccc(Cl)cc2)n(C)c1=O.CCO.Cn1c(=O)n(CCCO)c(=O)c2c1nc(CCCO)n2Cc1ccc(Cl)cc1. The van der Waals surface area contributed by atoms with E-state index in [-0.39, 0.29) is 42.9 Å². The number of rotatable bonds is 18. The van der Waals surface area contributed by atoms with Gasteiger partial charge in [-0.2, -0.15) is 0 Å². The molecule has 6 aromatic rings. The zero-order valence-electron chi connectivity index (χ0n) is 37.9. The van der Waals surface area contributed by atoms with Gasteiger partial charge in [0.05, 0.1) is 0 Å². The third kappa shape index (κ3) is 15.1. The van der Waals surface area contributed by atoms with Crippen molar-refractivity contribution in [2.45, 2.75) is 98.8 Å². The normalized spacial score (nSPS) is 10.9. The number of carbonyl (C=O) groups is 1. The first kappa shape index (κ1) is 54.5. The Morgan fingerprint density at radius 1 is 0.631 bits per heavy atom. The minimum atomic E-state index is -0.462. The molecule has 0 radical (unpaired) electrons. The van der Waals surface area contributed by atoms with Crippen molar-refractivity contribution in [1.82, 2.24) is 37.4 Å². The summed E-state index contributed by atoms with van der Waals surface area (Å²) in [6.45, 7) is 9.82. The van der Waals surface area contributed by atoms with Crippen LogP contribution in [-0.2, 0) is 62.6 Å². The van der Waals surface area contributed by atoms with Crippen molar-refractivity contribution < 1.29 is 24.9 Å². The molecule has 0 saturated heterocycles. The maximum atomic E-state index is 13.3. The molecule has 0 spiro atoms. The molecular formula is C45H61Cl3N8O9. The van der Waals surface area contributed by atoms with Crippen molar-refractivity contribution in [3.05, 3.63) is 123 Å². The number of nitrogens with zero attached hydrogens (tertiary/aromatic N) is 8. The van der Waals surface area contributed by atoms with Crippen LogP contribution in [0.5, 0.6) is 0 Å². The standard InChI is InChI=1S/C22H29ClN4O3.C19H23ClN4O4.C2H3ClO.C2H6O/c1-4-6-13-26-21(28)19-20(25(3)22(26)29)24-18(8-7-14-30-5-2)27(19)15-16-9-11-17(23)12-10-16;1-22-17-16(18(27)23(19(22)28)9-3-11-26)24(15(21-17)4-2-10-25)12-13-5-7-14(20)8-6-13;1-2(3)4;1-2-3/h9-12H,4-8,13-15H2,1-3H3;5-8,25-26H,2-4,9-12H2,1H3;1H3;3H,2H2,1H3. The van der Waals surface area contributed by atoms with Gasteiger partial charge in [-0.05, 0) is 86.5 Å². The summed E-state index contributed by atoms with van der Waals surface area (Å²) in [7, 11) is 3.26. The Morgan fingerprint density at radius 3 is 1.38 bits per heavy atom. The van der Waals surface area contributed by atoms with Crippen LogP contribution in [0.3, 0.4) is 0 Å². The Kier molecular flexibility index (Phi) is 23.1. The van der Waals surface area contributed by atoms with E-state index < -0.39 is 11.2 Å². The van der Waals surface area contributed by atoms with Crippen LogP contribution in [0.4, 0.5) is 0 Å². The van der Waals surface area contributed by atoms with E-state index in [0.717, 1.165) is 40.8 Å². The van der Waals surface area contributed by atoms with Crippen molar-refractivity contribution in [3.63, 3.8) is 0 Å². The molecule has 356 valence electrons. The fourth-order valence-electron chi connectivity index (χ4n) is 6.75. The maximum Gasteiger partial charge on any atom is 0.332 e. The van der Waals surface area contributed by atoms with Crippen molar-refractivity contribution in [2.24, 2.45) is 14.1 Å². The highest BCUT2D eigenvalue weighted by Gasteiger charge is 2.22. The van der Waals surface area contributed by atoms with Gasteiger partial charge >= 0.3 is 11.4 Å². The zero-order valence-corrected chi connectivity index (χ0v) is 40.2. The van der Waals surface area contributed by atoms with E-state index in [1.807, 2.05) is 54.8 Å². The van der Waals surface area contributed by atoms with Crippen LogP contribution in [0.1, 0.15) is 82.6 Å². The minimum Gasteiger partial charge on any atom is -0.397 e. The second kappa shape index (κ2) is 27.6. The van der Waals surface area contributed by atoms with Crippen LogP contribution < -0.4 is 22.5 Å². The number of carbonyl (C=O) groups excluding carboxylic acids is 1. The molecule has 20 heteroatoms. The summed E-state index contributed by atoms with van der Waals surface area (Å²) in [5, 5.41) is 26.8. The minimum absolute atomic E-state index is 0.00378. The highest BCUT2D eigenvalue weighted by molar-refractivity contribution is 6.62. The first-order chi connectivity index (χ1) is 31.1. The molecule has 6 rings (SSSR count). The Balaban J connectivity index is 0.000000303. The Hall–Kier alpha value is -4.88. The number of hydrogen-bond acceptors (Lipinski definition) is 11.